The van der Waals surface area contributed by atoms with Gasteiger partial charge in [-0.05, 0) is 78.4 Å². The van der Waals surface area contributed by atoms with E-state index in [0.29, 0.717) is 24.3 Å². The van der Waals surface area contributed by atoms with E-state index in [1.165, 1.54) is 12.8 Å². The lowest BCUT2D eigenvalue weighted by Crippen LogP contribution is -2.76. The molecular weight excluding hydrogens is 556 g/mol. The lowest BCUT2D eigenvalue weighted by molar-refractivity contribution is -0.205. The van der Waals surface area contributed by atoms with E-state index in [2.05, 4.69) is 20.8 Å². The Morgan fingerprint density at radius 3 is 2.16 bits per heavy atom. The highest BCUT2D eigenvalue weighted by Crippen LogP contribution is 2.64. The average Bonchev–Trinajstić information content (AvgIpc) is 2.90. The number of benzene rings is 1. The molecule has 7 nitrogen and oxygen atoms in total. The second-order valence-electron chi connectivity index (χ2n) is 16.0. The van der Waals surface area contributed by atoms with Crippen molar-refractivity contribution in [3.05, 3.63) is 28.3 Å². The van der Waals surface area contributed by atoms with E-state index in [1.807, 2.05) is 13.0 Å². The fraction of sp³-hybridized carbons (Fsp3) is 0.703. The first-order valence-corrected chi connectivity index (χ1v) is 16.7. The Labute approximate surface area is 261 Å². The van der Waals surface area contributed by atoms with Crippen molar-refractivity contribution in [1.29, 1.82) is 0 Å². The van der Waals surface area contributed by atoms with Crippen LogP contribution in [0.2, 0.25) is 0 Å². The highest BCUT2D eigenvalue weighted by molar-refractivity contribution is 6.32. The topological polar surface area (TPSA) is 126 Å². The molecule has 44 heavy (non-hydrogen) atoms. The molecule has 7 heteroatoms. The van der Waals surface area contributed by atoms with Gasteiger partial charge in [-0.25, -0.2) is 0 Å². The maximum Gasteiger partial charge on any atom is 0.190 e. The van der Waals surface area contributed by atoms with Crippen LogP contribution in [0.25, 0.3) is 0 Å². The molecule has 0 bridgehead atoms. The van der Waals surface area contributed by atoms with Crippen LogP contribution in [-0.4, -0.2) is 44.7 Å². The molecule has 0 spiro atoms. The minimum atomic E-state index is -2.67. The predicted octanol–water partition coefficient (Wildman–Crippen LogP) is 5.98. The highest BCUT2D eigenvalue weighted by atomic mass is 16.3. The van der Waals surface area contributed by atoms with Gasteiger partial charge < -0.3 is 10.2 Å². The molecular formula is C37H50O7. The van der Waals surface area contributed by atoms with Crippen molar-refractivity contribution >= 4 is 28.9 Å². The van der Waals surface area contributed by atoms with Crippen LogP contribution >= 0.6 is 0 Å². The zero-order chi connectivity index (χ0) is 32.7. The van der Waals surface area contributed by atoms with Crippen LogP contribution in [0, 0.1) is 46.3 Å². The van der Waals surface area contributed by atoms with Crippen molar-refractivity contribution < 1.29 is 34.2 Å². The maximum absolute atomic E-state index is 14.6. The summed E-state index contributed by atoms with van der Waals surface area (Å²) in [6, 6.07) is 2.03. The molecule has 0 radical (unpaired) electrons. The van der Waals surface area contributed by atoms with Gasteiger partial charge >= 0.3 is 0 Å². The van der Waals surface area contributed by atoms with E-state index >= 15 is 0 Å². The van der Waals surface area contributed by atoms with Crippen LogP contribution in [-0.2, 0) is 32.0 Å². The smallest absolute Gasteiger partial charge is 0.190 e. The molecule has 0 aromatic heterocycles. The van der Waals surface area contributed by atoms with Gasteiger partial charge in [-0.15, -0.1) is 0 Å². The predicted molar refractivity (Wildman–Crippen MR) is 166 cm³/mol. The summed E-state index contributed by atoms with van der Waals surface area (Å²) < 4.78 is 0. The molecule has 3 fully saturated rings. The molecule has 0 amide bonds. The fourth-order valence-corrected chi connectivity index (χ4v) is 9.97. The zero-order valence-electron chi connectivity index (χ0n) is 27.7. The second kappa shape index (κ2) is 11.0. The number of hydrogen-bond donors (Lipinski definition) is 2. The first-order valence-electron chi connectivity index (χ1n) is 16.7. The molecule has 2 N–H and O–H groups in total. The summed E-state index contributed by atoms with van der Waals surface area (Å²) in [6.07, 6.45) is 6.62. The van der Waals surface area contributed by atoms with Crippen molar-refractivity contribution in [1.82, 2.24) is 0 Å². The third-order valence-electron chi connectivity index (χ3n) is 12.1. The Bertz CT molecular complexity index is 1430. The second-order valence-corrected chi connectivity index (χ2v) is 16.0. The largest absolute Gasteiger partial charge is 0.507 e. The highest BCUT2D eigenvalue weighted by Gasteiger charge is 2.76. The number of aliphatic hydroxyl groups is 1. The van der Waals surface area contributed by atoms with Gasteiger partial charge in [0, 0.05) is 11.3 Å². The van der Waals surface area contributed by atoms with E-state index < -0.39 is 63.1 Å². The summed E-state index contributed by atoms with van der Waals surface area (Å²) in [6.45, 7) is 14.6. The van der Waals surface area contributed by atoms with Crippen LogP contribution in [0.4, 0.5) is 0 Å². The number of aryl methyl sites for hydroxylation is 1. The van der Waals surface area contributed by atoms with E-state index in [-0.39, 0.29) is 29.6 Å². The Hall–Kier alpha value is -2.67. The molecule has 6 atom stereocenters. The first-order chi connectivity index (χ1) is 20.4. The number of rotatable bonds is 6. The number of carbonyl (C=O) groups excluding carboxylic acids is 5. The molecule has 0 heterocycles. The molecule has 240 valence electrons. The van der Waals surface area contributed by atoms with Gasteiger partial charge in [-0.3, -0.25) is 24.0 Å². The summed E-state index contributed by atoms with van der Waals surface area (Å²) in [7, 11) is 0. The van der Waals surface area contributed by atoms with Crippen LogP contribution in [0.5, 0.6) is 5.75 Å². The number of ketones is 5. The molecule has 0 saturated heterocycles. The first kappa shape index (κ1) is 32.7. The van der Waals surface area contributed by atoms with Crippen molar-refractivity contribution in [3.63, 3.8) is 0 Å². The third kappa shape index (κ3) is 4.58. The molecule has 3 saturated carbocycles. The van der Waals surface area contributed by atoms with E-state index in [1.54, 1.807) is 20.8 Å². The number of carbonyl (C=O) groups is 5. The summed E-state index contributed by atoms with van der Waals surface area (Å²) in [5.41, 5.74) is -2.66. The van der Waals surface area contributed by atoms with Gasteiger partial charge in [0.2, 0.25) is 0 Å². The maximum atomic E-state index is 14.6. The quantitative estimate of drug-likeness (QED) is 0.382. The molecule has 3 unspecified atom stereocenters. The van der Waals surface area contributed by atoms with Crippen molar-refractivity contribution in [2.24, 2.45) is 46.3 Å². The van der Waals surface area contributed by atoms with Gasteiger partial charge in [-0.1, -0.05) is 80.2 Å². The minimum Gasteiger partial charge on any atom is -0.507 e. The number of phenols is 1. The third-order valence-corrected chi connectivity index (χ3v) is 12.1. The van der Waals surface area contributed by atoms with Crippen LogP contribution < -0.4 is 0 Å². The van der Waals surface area contributed by atoms with Gasteiger partial charge in [0.05, 0.1) is 11.5 Å². The molecule has 4 aliphatic rings. The number of phenolic OH excluding ortho intramolecular Hbond substituents is 1. The SMILES string of the molecule is CC(=O)C1C(=O)C(C(C)C)[C@@]2(C)C[C@@]3(C)Cc4c(C(C)C)cc(CCC5CCC(C)CC5)c(O)c4C(=O)C3C(=O)[C@@]2(O)C1=O. The molecule has 5 rings (SSSR count). The van der Waals surface area contributed by atoms with Crippen molar-refractivity contribution in [3.8, 4) is 5.75 Å². The fourth-order valence-electron chi connectivity index (χ4n) is 9.97. The lowest BCUT2D eigenvalue weighted by atomic mass is 9.39. The Kier molecular flexibility index (Phi) is 8.17. The molecule has 4 aliphatic carbocycles. The van der Waals surface area contributed by atoms with E-state index in [9.17, 15) is 34.2 Å². The summed E-state index contributed by atoms with van der Waals surface area (Å²) in [5, 5.41) is 23.9. The number of aromatic hydroxyl groups is 1. The van der Waals surface area contributed by atoms with E-state index in [0.717, 1.165) is 43.2 Å². The van der Waals surface area contributed by atoms with Gasteiger partial charge in [0.25, 0.3) is 0 Å². The number of Topliss-reactive ketones (excluding diaryl/α,β-unsaturated/α-hetero) is 5. The Morgan fingerprint density at radius 2 is 1.61 bits per heavy atom. The number of fused-ring (bicyclic) bond motifs is 3. The molecule has 1 aromatic carbocycles. The molecule has 1 aromatic rings. The van der Waals surface area contributed by atoms with Crippen LogP contribution in [0.15, 0.2) is 6.07 Å². The summed E-state index contributed by atoms with van der Waals surface area (Å²) in [4.78, 5) is 69.3. The van der Waals surface area contributed by atoms with Crippen LogP contribution in [0.1, 0.15) is 127 Å². The summed E-state index contributed by atoms with van der Waals surface area (Å²) >= 11 is 0. The van der Waals surface area contributed by atoms with Crippen molar-refractivity contribution in [2.75, 3.05) is 0 Å². The number of hydrogen-bond acceptors (Lipinski definition) is 7. The van der Waals surface area contributed by atoms with Gasteiger partial charge in [0.15, 0.2) is 28.7 Å². The normalized spacial score (nSPS) is 37.2. The minimum absolute atomic E-state index is 0.0518. The molecule has 0 aliphatic heterocycles. The van der Waals surface area contributed by atoms with Crippen LogP contribution in [0.3, 0.4) is 0 Å². The zero-order valence-corrected chi connectivity index (χ0v) is 27.7. The monoisotopic (exact) mass is 606 g/mol. The summed E-state index contributed by atoms with van der Waals surface area (Å²) in [5.74, 6) is -7.04. The van der Waals surface area contributed by atoms with Crippen molar-refractivity contribution in [2.45, 2.75) is 118 Å². The van der Waals surface area contributed by atoms with Gasteiger partial charge in [-0.2, -0.15) is 0 Å². The van der Waals surface area contributed by atoms with Gasteiger partial charge in [0.1, 0.15) is 17.5 Å². The Morgan fingerprint density at radius 1 is 1.00 bits per heavy atom. The Balaban J connectivity index is 1.62. The standard InChI is InChI=1S/C37H50O7/c1-18(2)24-15-23(14-13-22-11-9-20(5)10-12-22)30(39)27-25(24)16-35(7)17-36(8)28(19(3)4)31(40)26(21(6)38)33(42)37(36,44)34(43)29(35)32(27)41/h15,18-20,22,26,28-29,39,44H,9-14,16-17H2,1-8H3/t20?,22?,26?,28?,29?,35-,36-,37+/m1/s1. The lowest BCUT2D eigenvalue weighted by Gasteiger charge is -2.62. The average molecular weight is 607 g/mol. The van der Waals surface area contributed by atoms with E-state index in [4.69, 9.17) is 0 Å².